The normalized spacial score (nSPS) is 12.3. The van der Waals surface area contributed by atoms with Gasteiger partial charge < -0.3 is 14.8 Å². The zero-order chi connectivity index (χ0) is 16.4. The van der Waals surface area contributed by atoms with E-state index in [1.54, 1.807) is 31.2 Å². The van der Waals surface area contributed by atoms with Crippen molar-refractivity contribution in [1.29, 1.82) is 0 Å². The topological polar surface area (TPSA) is 79.5 Å². The predicted molar refractivity (Wildman–Crippen MR) is 88.8 cm³/mol. The molecule has 0 saturated heterocycles. The van der Waals surface area contributed by atoms with Gasteiger partial charge in [-0.15, -0.1) is 11.3 Å². The molecule has 0 spiro atoms. The maximum absolute atomic E-state index is 12.3. The van der Waals surface area contributed by atoms with Crippen LogP contribution in [0.15, 0.2) is 51.0 Å². The van der Waals surface area contributed by atoms with Crippen molar-refractivity contribution in [2.75, 3.05) is 6.54 Å². The largest absolute Gasteiger partial charge is 0.422 e. The van der Waals surface area contributed by atoms with Crippen LogP contribution in [0.3, 0.4) is 0 Å². The van der Waals surface area contributed by atoms with Gasteiger partial charge >= 0.3 is 5.63 Å². The summed E-state index contributed by atoms with van der Waals surface area (Å²) in [6.07, 6.45) is -0.799. The molecule has 5 nitrogen and oxygen atoms in total. The van der Waals surface area contributed by atoms with Gasteiger partial charge in [0, 0.05) is 16.8 Å². The van der Waals surface area contributed by atoms with Crippen molar-refractivity contribution in [2.24, 2.45) is 0 Å². The SMILES string of the molecule is Cc1c(C(=O)NC[C@@H](O)c2cccs2)c(=O)oc2ccccc12. The number of rotatable bonds is 4. The van der Waals surface area contributed by atoms with Crippen LogP contribution >= 0.6 is 11.3 Å². The fourth-order valence-corrected chi connectivity index (χ4v) is 3.14. The van der Waals surface area contributed by atoms with Gasteiger partial charge in [-0.05, 0) is 30.0 Å². The summed E-state index contributed by atoms with van der Waals surface area (Å²) in [7, 11) is 0. The molecule has 118 valence electrons. The van der Waals surface area contributed by atoms with Gasteiger partial charge in [0.25, 0.3) is 5.91 Å². The van der Waals surface area contributed by atoms with E-state index in [2.05, 4.69) is 5.32 Å². The third-order valence-corrected chi connectivity index (χ3v) is 4.60. The van der Waals surface area contributed by atoms with Gasteiger partial charge in [0.2, 0.25) is 0 Å². The molecule has 1 amide bonds. The van der Waals surface area contributed by atoms with Crippen LogP contribution in [-0.2, 0) is 0 Å². The molecule has 2 N–H and O–H groups in total. The van der Waals surface area contributed by atoms with E-state index >= 15 is 0 Å². The van der Waals surface area contributed by atoms with Crippen molar-refractivity contribution < 1.29 is 14.3 Å². The molecule has 0 unspecified atom stereocenters. The first-order valence-electron chi connectivity index (χ1n) is 7.10. The lowest BCUT2D eigenvalue weighted by Gasteiger charge is -2.11. The number of nitrogens with one attached hydrogen (secondary N) is 1. The average molecular weight is 329 g/mol. The van der Waals surface area contributed by atoms with Crippen molar-refractivity contribution in [3.63, 3.8) is 0 Å². The molecule has 0 fully saturated rings. The Kier molecular flexibility index (Phi) is 4.27. The van der Waals surface area contributed by atoms with Crippen LogP contribution in [0.4, 0.5) is 0 Å². The molecule has 1 aromatic carbocycles. The number of aliphatic hydroxyl groups is 1. The van der Waals surface area contributed by atoms with Crippen LogP contribution in [0.5, 0.6) is 0 Å². The minimum Gasteiger partial charge on any atom is -0.422 e. The van der Waals surface area contributed by atoms with Gasteiger partial charge in [0.1, 0.15) is 17.3 Å². The number of thiophene rings is 1. The number of aliphatic hydroxyl groups excluding tert-OH is 1. The van der Waals surface area contributed by atoms with Gasteiger partial charge in [0.05, 0.1) is 0 Å². The molecule has 6 heteroatoms. The van der Waals surface area contributed by atoms with E-state index in [9.17, 15) is 14.7 Å². The van der Waals surface area contributed by atoms with Crippen LogP contribution in [0.25, 0.3) is 11.0 Å². The van der Waals surface area contributed by atoms with Gasteiger partial charge in [-0.3, -0.25) is 4.79 Å². The number of aryl methyl sites for hydroxylation is 1. The number of fused-ring (bicyclic) bond motifs is 1. The maximum Gasteiger partial charge on any atom is 0.349 e. The van der Waals surface area contributed by atoms with Crippen molar-refractivity contribution in [3.05, 3.63) is 68.2 Å². The molecule has 3 aromatic rings. The Labute approximate surface area is 136 Å². The van der Waals surface area contributed by atoms with Crippen molar-refractivity contribution >= 4 is 28.2 Å². The molecule has 0 aliphatic carbocycles. The zero-order valence-electron chi connectivity index (χ0n) is 12.4. The Hall–Kier alpha value is -2.44. The lowest BCUT2D eigenvalue weighted by molar-refractivity contribution is 0.0914. The summed E-state index contributed by atoms with van der Waals surface area (Å²) >= 11 is 1.41. The standard InChI is InChI=1S/C17H15NO4S/c1-10-11-5-2-3-6-13(11)22-17(21)15(10)16(20)18-9-12(19)14-7-4-8-23-14/h2-8,12,19H,9H2,1H3,(H,18,20)/t12-/m1/s1. The summed E-state index contributed by atoms with van der Waals surface area (Å²) < 4.78 is 5.20. The molecule has 0 radical (unpaired) electrons. The number of hydrogen-bond acceptors (Lipinski definition) is 5. The number of carbonyl (C=O) groups is 1. The zero-order valence-corrected chi connectivity index (χ0v) is 13.2. The Balaban J connectivity index is 1.85. The maximum atomic E-state index is 12.3. The summed E-state index contributed by atoms with van der Waals surface area (Å²) in [4.78, 5) is 25.2. The van der Waals surface area contributed by atoms with E-state index in [1.807, 2.05) is 17.5 Å². The molecule has 0 bridgehead atoms. The highest BCUT2D eigenvalue weighted by Gasteiger charge is 2.19. The highest BCUT2D eigenvalue weighted by molar-refractivity contribution is 7.10. The van der Waals surface area contributed by atoms with Crippen LogP contribution in [0.2, 0.25) is 0 Å². The molecule has 0 aliphatic heterocycles. The van der Waals surface area contributed by atoms with Crippen LogP contribution in [0, 0.1) is 6.92 Å². The van der Waals surface area contributed by atoms with E-state index < -0.39 is 17.6 Å². The monoisotopic (exact) mass is 329 g/mol. The lowest BCUT2D eigenvalue weighted by atomic mass is 10.1. The Morgan fingerprint density at radius 2 is 2.09 bits per heavy atom. The third-order valence-electron chi connectivity index (χ3n) is 3.63. The van der Waals surface area contributed by atoms with E-state index in [0.717, 1.165) is 10.3 Å². The number of para-hydroxylation sites is 1. The molecule has 0 saturated carbocycles. The molecule has 1 atom stereocenters. The first-order valence-corrected chi connectivity index (χ1v) is 7.98. The summed E-state index contributed by atoms with van der Waals surface area (Å²) in [6, 6.07) is 10.7. The Bertz CT molecular complexity index is 899. The van der Waals surface area contributed by atoms with E-state index in [4.69, 9.17) is 4.42 Å². The van der Waals surface area contributed by atoms with Crippen LogP contribution in [0.1, 0.15) is 26.9 Å². The average Bonchev–Trinajstić information content (AvgIpc) is 3.07. The molecular formula is C17H15NO4S. The fraction of sp³-hybridized carbons (Fsp3) is 0.176. The summed E-state index contributed by atoms with van der Waals surface area (Å²) in [6.45, 7) is 1.74. The highest BCUT2D eigenvalue weighted by atomic mass is 32.1. The summed E-state index contributed by atoms with van der Waals surface area (Å²) in [5.74, 6) is -0.544. The lowest BCUT2D eigenvalue weighted by Crippen LogP contribution is -2.32. The van der Waals surface area contributed by atoms with E-state index in [1.165, 1.54) is 11.3 Å². The minimum atomic E-state index is -0.799. The number of benzene rings is 1. The second-order valence-electron chi connectivity index (χ2n) is 5.13. The van der Waals surface area contributed by atoms with E-state index in [-0.39, 0.29) is 12.1 Å². The fourth-order valence-electron chi connectivity index (χ4n) is 2.43. The predicted octanol–water partition coefficient (Wildman–Crippen LogP) is 2.63. The smallest absolute Gasteiger partial charge is 0.349 e. The van der Waals surface area contributed by atoms with Crippen molar-refractivity contribution in [1.82, 2.24) is 5.32 Å². The second-order valence-corrected chi connectivity index (χ2v) is 6.11. The van der Waals surface area contributed by atoms with Gasteiger partial charge in [-0.2, -0.15) is 0 Å². The summed E-state index contributed by atoms with van der Waals surface area (Å²) in [5.41, 5.74) is 0.316. The highest BCUT2D eigenvalue weighted by Crippen LogP contribution is 2.20. The third kappa shape index (κ3) is 3.04. The molecule has 0 aliphatic rings. The Morgan fingerprint density at radius 3 is 2.83 bits per heavy atom. The Morgan fingerprint density at radius 1 is 1.30 bits per heavy atom. The molecule has 2 heterocycles. The van der Waals surface area contributed by atoms with Gasteiger partial charge in [0.15, 0.2) is 0 Å². The van der Waals surface area contributed by atoms with Crippen LogP contribution < -0.4 is 10.9 Å². The van der Waals surface area contributed by atoms with Gasteiger partial charge in [-0.1, -0.05) is 24.3 Å². The van der Waals surface area contributed by atoms with Crippen LogP contribution in [-0.4, -0.2) is 17.6 Å². The number of amides is 1. The molecule has 3 rings (SSSR count). The minimum absolute atomic E-state index is 0.0259. The molecular weight excluding hydrogens is 314 g/mol. The van der Waals surface area contributed by atoms with E-state index in [0.29, 0.717) is 11.1 Å². The second kappa shape index (κ2) is 6.36. The number of hydrogen-bond donors (Lipinski definition) is 2. The quantitative estimate of drug-likeness (QED) is 0.721. The first-order chi connectivity index (χ1) is 11.1. The van der Waals surface area contributed by atoms with Gasteiger partial charge in [-0.25, -0.2) is 4.79 Å². The number of carbonyl (C=O) groups excluding carboxylic acids is 1. The first kappa shape index (κ1) is 15.5. The van der Waals surface area contributed by atoms with Crippen molar-refractivity contribution in [3.8, 4) is 0 Å². The molecule has 23 heavy (non-hydrogen) atoms. The molecule has 2 aromatic heterocycles. The summed E-state index contributed by atoms with van der Waals surface area (Å²) in [5, 5.41) is 15.2. The van der Waals surface area contributed by atoms with Crippen molar-refractivity contribution in [2.45, 2.75) is 13.0 Å².